The number of H-pyrrole nitrogens is 1. The molecule has 8 heteroatoms. The summed E-state index contributed by atoms with van der Waals surface area (Å²) in [6, 6.07) is 7.30. The number of hydrogen-bond acceptors (Lipinski definition) is 4. The molecule has 1 N–H and O–H groups in total. The minimum atomic E-state index is -2.60. The van der Waals surface area contributed by atoms with Gasteiger partial charge in [0, 0.05) is 25.1 Å². The Kier molecular flexibility index (Phi) is 3.36. The van der Waals surface area contributed by atoms with Crippen LogP contribution in [0.4, 0.5) is 8.78 Å². The first-order valence-electron chi connectivity index (χ1n) is 7.98. The number of benzene rings is 1. The van der Waals surface area contributed by atoms with Gasteiger partial charge in [-0.3, -0.25) is 4.79 Å². The van der Waals surface area contributed by atoms with Crippen LogP contribution in [0, 0.1) is 5.41 Å². The zero-order chi connectivity index (χ0) is 16.8. The molecular formula is C16H17F2N5O. The van der Waals surface area contributed by atoms with Gasteiger partial charge in [0.15, 0.2) is 0 Å². The lowest BCUT2D eigenvalue weighted by Crippen LogP contribution is -2.43. The molecule has 1 saturated heterocycles. The van der Waals surface area contributed by atoms with Gasteiger partial charge >= 0.3 is 0 Å². The molecule has 1 aliphatic heterocycles. The summed E-state index contributed by atoms with van der Waals surface area (Å²) in [7, 11) is 0. The number of aromatic nitrogens is 4. The summed E-state index contributed by atoms with van der Waals surface area (Å²) in [5, 5.41) is 13.7. The number of hydrogen-bond donors (Lipinski definition) is 1. The van der Waals surface area contributed by atoms with Crippen molar-refractivity contribution >= 4 is 5.91 Å². The van der Waals surface area contributed by atoms with Gasteiger partial charge in [-0.2, -0.15) is 5.21 Å². The predicted molar refractivity (Wildman–Crippen MR) is 81.1 cm³/mol. The molecule has 0 bridgehead atoms. The highest BCUT2D eigenvalue weighted by atomic mass is 19.3. The van der Waals surface area contributed by atoms with Crippen LogP contribution >= 0.6 is 0 Å². The van der Waals surface area contributed by atoms with Crippen molar-refractivity contribution in [3.8, 4) is 11.4 Å². The maximum atomic E-state index is 13.6. The molecule has 1 saturated carbocycles. The molecule has 1 aromatic heterocycles. The third kappa shape index (κ3) is 2.55. The second-order valence-corrected chi connectivity index (χ2v) is 6.69. The van der Waals surface area contributed by atoms with E-state index in [9.17, 15) is 13.6 Å². The van der Waals surface area contributed by atoms with Gasteiger partial charge in [0.05, 0.1) is 11.8 Å². The second kappa shape index (κ2) is 5.32. The van der Waals surface area contributed by atoms with Crippen molar-refractivity contribution in [2.75, 3.05) is 13.1 Å². The van der Waals surface area contributed by atoms with Crippen LogP contribution in [0.25, 0.3) is 11.4 Å². The molecule has 2 aliphatic rings. The van der Waals surface area contributed by atoms with Gasteiger partial charge in [-0.15, -0.1) is 10.2 Å². The summed E-state index contributed by atoms with van der Waals surface area (Å²) in [6.45, 7) is 0.747. The number of amides is 1. The Labute approximate surface area is 137 Å². The van der Waals surface area contributed by atoms with Crippen molar-refractivity contribution in [2.24, 2.45) is 5.41 Å². The number of tetrazole rings is 1. The van der Waals surface area contributed by atoms with Crippen LogP contribution in [0.15, 0.2) is 24.3 Å². The molecule has 1 aromatic carbocycles. The zero-order valence-electron chi connectivity index (χ0n) is 13.0. The van der Waals surface area contributed by atoms with Gasteiger partial charge < -0.3 is 4.90 Å². The molecule has 1 spiro atoms. The van der Waals surface area contributed by atoms with Crippen molar-refractivity contribution in [3.63, 3.8) is 0 Å². The van der Waals surface area contributed by atoms with Crippen LogP contribution < -0.4 is 0 Å². The number of nitrogens with zero attached hydrogens (tertiary/aromatic N) is 4. The molecule has 2 aromatic rings. The first-order chi connectivity index (χ1) is 11.5. The maximum Gasteiger partial charge on any atom is 0.256 e. The van der Waals surface area contributed by atoms with Gasteiger partial charge in [-0.1, -0.05) is 24.3 Å². The summed E-state index contributed by atoms with van der Waals surface area (Å²) in [5.41, 5.74) is 0.688. The van der Waals surface area contributed by atoms with Gasteiger partial charge in [-0.25, -0.2) is 8.78 Å². The minimum absolute atomic E-state index is 0.0802. The molecule has 6 nitrogen and oxygen atoms in total. The van der Waals surface area contributed by atoms with Gasteiger partial charge in [0.2, 0.25) is 11.7 Å². The fourth-order valence-corrected chi connectivity index (χ4v) is 3.51. The lowest BCUT2D eigenvalue weighted by molar-refractivity contribution is -0.133. The Morgan fingerprint density at radius 3 is 2.67 bits per heavy atom. The first kappa shape index (κ1) is 15.2. The minimum Gasteiger partial charge on any atom is -0.342 e. The molecular weight excluding hydrogens is 316 g/mol. The number of carbonyl (C=O) groups excluding carboxylic acids is 1. The molecule has 1 amide bonds. The number of carbonyl (C=O) groups is 1. The van der Waals surface area contributed by atoms with Crippen molar-refractivity contribution in [1.29, 1.82) is 0 Å². The molecule has 1 aliphatic carbocycles. The fourth-order valence-electron chi connectivity index (χ4n) is 3.51. The smallest absolute Gasteiger partial charge is 0.256 e. The van der Waals surface area contributed by atoms with E-state index in [0.29, 0.717) is 25.2 Å². The number of alkyl halides is 2. The van der Waals surface area contributed by atoms with Crippen molar-refractivity contribution in [1.82, 2.24) is 25.5 Å². The molecule has 4 rings (SSSR count). The highest BCUT2D eigenvalue weighted by Crippen LogP contribution is 2.64. The van der Waals surface area contributed by atoms with E-state index in [4.69, 9.17) is 0 Å². The topological polar surface area (TPSA) is 74.8 Å². The standard InChI is InChI=1S/C16H17F2N5O/c17-16(18)9-15(16)6-1-7-23(10-15)13(24)8-11-2-4-12(5-3-11)14-19-21-22-20-14/h2-5H,1,6-10H2,(H,19,20,21,22). The average Bonchev–Trinajstić information content (AvgIpc) is 2.97. The van der Waals surface area contributed by atoms with Crippen LogP contribution in [0.5, 0.6) is 0 Å². The largest absolute Gasteiger partial charge is 0.342 e. The zero-order valence-corrected chi connectivity index (χ0v) is 13.0. The van der Waals surface area contributed by atoms with Gasteiger partial charge in [-0.05, 0) is 23.6 Å². The van der Waals surface area contributed by atoms with E-state index in [1.165, 1.54) is 0 Å². The summed E-state index contributed by atoms with van der Waals surface area (Å²) < 4.78 is 27.1. The van der Waals surface area contributed by atoms with Crippen LogP contribution in [0.2, 0.25) is 0 Å². The maximum absolute atomic E-state index is 13.6. The van der Waals surface area contributed by atoms with Crippen molar-refractivity contribution < 1.29 is 13.6 Å². The number of halogens is 2. The van der Waals surface area contributed by atoms with E-state index in [2.05, 4.69) is 20.6 Å². The molecule has 24 heavy (non-hydrogen) atoms. The lowest BCUT2D eigenvalue weighted by atomic mass is 9.93. The van der Waals surface area contributed by atoms with E-state index in [0.717, 1.165) is 11.1 Å². The molecule has 2 heterocycles. The molecule has 126 valence electrons. The van der Waals surface area contributed by atoms with Crippen LogP contribution in [0.1, 0.15) is 24.8 Å². The van der Waals surface area contributed by atoms with Crippen LogP contribution in [-0.4, -0.2) is 50.4 Å². The Bertz CT molecular complexity index is 746. The highest BCUT2D eigenvalue weighted by molar-refractivity contribution is 5.79. The fraction of sp³-hybridized carbons (Fsp3) is 0.500. The first-order valence-corrected chi connectivity index (χ1v) is 7.98. The van der Waals surface area contributed by atoms with E-state index >= 15 is 0 Å². The van der Waals surface area contributed by atoms with Gasteiger partial charge in [0.1, 0.15) is 0 Å². The number of likely N-dealkylation sites (tertiary alicyclic amines) is 1. The summed E-state index contributed by atoms with van der Waals surface area (Å²) in [6.07, 6.45) is 1.30. The van der Waals surface area contributed by atoms with Crippen LogP contribution in [0.3, 0.4) is 0 Å². The van der Waals surface area contributed by atoms with E-state index in [1.807, 2.05) is 24.3 Å². The van der Waals surface area contributed by atoms with Crippen LogP contribution in [-0.2, 0) is 11.2 Å². The van der Waals surface area contributed by atoms with Crippen molar-refractivity contribution in [3.05, 3.63) is 29.8 Å². The molecule has 0 radical (unpaired) electrons. The Hall–Kier alpha value is -2.38. The summed E-state index contributed by atoms with van der Waals surface area (Å²) >= 11 is 0. The Balaban J connectivity index is 1.41. The molecule has 1 atom stereocenters. The van der Waals surface area contributed by atoms with E-state index in [-0.39, 0.29) is 25.3 Å². The highest BCUT2D eigenvalue weighted by Gasteiger charge is 2.71. The predicted octanol–water partition coefficient (Wildman–Crippen LogP) is 2.06. The number of rotatable bonds is 3. The lowest BCUT2D eigenvalue weighted by Gasteiger charge is -2.33. The summed E-state index contributed by atoms with van der Waals surface area (Å²) in [4.78, 5) is 14.0. The monoisotopic (exact) mass is 333 g/mol. The van der Waals surface area contributed by atoms with Crippen molar-refractivity contribution in [2.45, 2.75) is 31.6 Å². The molecule has 1 unspecified atom stereocenters. The third-order valence-corrected chi connectivity index (χ3v) is 5.05. The Morgan fingerprint density at radius 1 is 1.29 bits per heavy atom. The van der Waals surface area contributed by atoms with Gasteiger partial charge in [0.25, 0.3) is 5.92 Å². The number of aromatic amines is 1. The SMILES string of the molecule is O=C(Cc1ccc(-c2nn[nH]n2)cc1)N1CCCC2(C1)CC2(F)F. The normalized spacial score (nSPS) is 25.0. The number of nitrogens with one attached hydrogen (secondary N) is 1. The number of piperidine rings is 1. The quantitative estimate of drug-likeness (QED) is 0.933. The van der Waals surface area contributed by atoms with E-state index in [1.54, 1.807) is 4.90 Å². The Morgan fingerprint density at radius 2 is 2.04 bits per heavy atom. The van der Waals surface area contributed by atoms with E-state index < -0.39 is 11.3 Å². The molecule has 2 fully saturated rings. The third-order valence-electron chi connectivity index (χ3n) is 5.05. The summed E-state index contributed by atoms with van der Waals surface area (Å²) in [5.74, 6) is -2.20. The average molecular weight is 333 g/mol. The second-order valence-electron chi connectivity index (χ2n) is 6.69.